The molecule has 0 radical (unpaired) electrons. The van der Waals surface area contributed by atoms with Crippen LogP contribution in [0.5, 0.6) is 0 Å². The van der Waals surface area contributed by atoms with Crippen LogP contribution in [0.3, 0.4) is 0 Å². The summed E-state index contributed by atoms with van der Waals surface area (Å²) >= 11 is 0. The molecule has 0 bridgehead atoms. The quantitative estimate of drug-likeness (QED) is 0.0861. The average molecular weight is 600 g/mol. The molecule has 0 unspecified atom stereocenters. The Labute approximate surface area is 256 Å². The maximum absolute atomic E-state index is 6.40. The molecule has 0 fully saturated rings. The van der Waals surface area contributed by atoms with Crippen molar-refractivity contribution in [2.45, 2.75) is 201 Å². The minimum Gasteiger partial charge on any atom is -0.417 e. The zero-order valence-corrected chi connectivity index (χ0v) is 32.3. The van der Waals surface area contributed by atoms with Gasteiger partial charge in [0.15, 0.2) is 16.6 Å². The van der Waals surface area contributed by atoms with Crippen molar-refractivity contribution >= 4 is 16.6 Å². The van der Waals surface area contributed by atoms with Crippen molar-refractivity contribution in [3.05, 3.63) is 0 Å². The molecule has 0 heterocycles. The first-order valence-electron chi connectivity index (χ1n) is 17.4. The molecule has 0 aliphatic carbocycles. The third-order valence-corrected chi connectivity index (χ3v) is 19.2. The van der Waals surface area contributed by atoms with E-state index >= 15 is 0 Å². The van der Waals surface area contributed by atoms with Gasteiger partial charge in [-0.3, -0.25) is 4.90 Å². The minimum atomic E-state index is -1.59. The molecular weight excluding hydrogens is 523 g/mol. The molecule has 0 saturated heterocycles. The Kier molecular flexibility index (Phi) is 19.7. The molecule has 0 saturated carbocycles. The van der Waals surface area contributed by atoms with Crippen LogP contribution in [-0.4, -0.2) is 53.4 Å². The second-order valence-electron chi connectivity index (χ2n) is 16.4. The maximum atomic E-state index is 6.40. The van der Waals surface area contributed by atoms with E-state index in [0.717, 1.165) is 19.1 Å². The fourth-order valence-corrected chi connectivity index (χ4v) is 7.31. The first kappa shape index (κ1) is 40.3. The monoisotopic (exact) mass is 600 g/mol. The topological polar surface area (TPSA) is 21.7 Å². The SMILES string of the molecule is CC(C)N(CCCCC(CCCCCCO[Si](C)(C)C(C)(C)C)CCCCCCO[Si](C)(C)C(C)(C)C)C(C)C. The van der Waals surface area contributed by atoms with E-state index in [2.05, 4.69) is 100 Å². The lowest BCUT2D eigenvalue weighted by atomic mass is 9.90. The van der Waals surface area contributed by atoms with Crippen molar-refractivity contribution in [1.82, 2.24) is 4.90 Å². The predicted molar refractivity (Wildman–Crippen MR) is 187 cm³/mol. The van der Waals surface area contributed by atoms with Crippen molar-refractivity contribution in [3.8, 4) is 0 Å². The van der Waals surface area contributed by atoms with Gasteiger partial charge in [0.2, 0.25) is 0 Å². The molecule has 0 N–H and O–H groups in total. The van der Waals surface area contributed by atoms with E-state index in [0.29, 0.717) is 22.2 Å². The fraction of sp³-hybridized carbons (Fsp3) is 1.00. The normalized spacial score (nSPS) is 13.9. The van der Waals surface area contributed by atoms with Crippen molar-refractivity contribution in [1.29, 1.82) is 0 Å². The summed E-state index contributed by atoms with van der Waals surface area (Å²) in [4.78, 5) is 2.66. The molecule has 0 aliphatic rings. The summed E-state index contributed by atoms with van der Waals surface area (Å²) in [7, 11) is -3.17. The molecule has 40 heavy (non-hydrogen) atoms. The van der Waals surface area contributed by atoms with E-state index < -0.39 is 16.6 Å². The molecule has 0 rings (SSSR count). The van der Waals surface area contributed by atoms with Crippen molar-refractivity contribution in [2.24, 2.45) is 5.92 Å². The molecule has 0 amide bonds. The van der Waals surface area contributed by atoms with Crippen LogP contribution < -0.4 is 0 Å². The molecule has 0 aliphatic heterocycles. The lowest BCUT2D eigenvalue weighted by Gasteiger charge is -2.36. The molecule has 0 atom stereocenters. The van der Waals surface area contributed by atoms with Gasteiger partial charge in [-0.25, -0.2) is 0 Å². The van der Waals surface area contributed by atoms with E-state index in [9.17, 15) is 0 Å². The summed E-state index contributed by atoms with van der Waals surface area (Å²) in [6, 6.07) is 1.30. The molecule has 0 aromatic heterocycles. The lowest BCUT2D eigenvalue weighted by molar-refractivity contribution is 0.169. The lowest BCUT2D eigenvalue weighted by Crippen LogP contribution is -2.40. The zero-order valence-electron chi connectivity index (χ0n) is 30.3. The highest BCUT2D eigenvalue weighted by atomic mass is 28.4. The highest BCUT2D eigenvalue weighted by Gasteiger charge is 2.37. The Hall–Kier alpha value is 0.314. The fourth-order valence-electron chi connectivity index (χ4n) is 5.14. The summed E-state index contributed by atoms with van der Waals surface area (Å²) in [6.07, 6.45) is 17.7. The van der Waals surface area contributed by atoms with Crippen LogP contribution in [0.1, 0.15) is 153 Å². The van der Waals surface area contributed by atoms with Gasteiger partial charge in [0, 0.05) is 25.3 Å². The number of unbranched alkanes of at least 4 members (excludes halogenated alkanes) is 7. The van der Waals surface area contributed by atoms with Gasteiger partial charge in [0.25, 0.3) is 0 Å². The van der Waals surface area contributed by atoms with Gasteiger partial charge in [-0.1, -0.05) is 106 Å². The number of hydrogen-bond acceptors (Lipinski definition) is 3. The summed E-state index contributed by atoms with van der Waals surface area (Å²) in [6.45, 7) is 36.1. The van der Waals surface area contributed by atoms with Crippen LogP contribution >= 0.6 is 0 Å². The van der Waals surface area contributed by atoms with Crippen LogP contribution in [0.4, 0.5) is 0 Å². The van der Waals surface area contributed by atoms with E-state index in [1.807, 2.05) is 0 Å². The van der Waals surface area contributed by atoms with Crippen molar-refractivity contribution < 1.29 is 8.85 Å². The highest BCUT2D eigenvalue weighted by molar-refractivity contribution is 6.74. The van der Waals surface area contributed by atoms with E-state index in [1.165, 1.54) is 90.0 Å². The number of hydrogen-bond donors (Lipinski definition) is 0. The molecule has 242 valence electrons. The van der Waals surface area contributed by atoms with Crippen LogP contribution in [0, 0.1) is 5.92 Å². The van der Waals surface area contributed by atoms with Crippen LogP contribution in [0.15, 0.2) is 0 Å². The van der Waals surface area contributed by atoms with Crippen LogP contribution in [-0.2, 0) is 8.85 Å². The Morgan fingerprint density at radius 2 is 0.825 bits per heavy atom. The van der Waals surface area contributed by atoms with Gasteiger partial charge in [-0.15, -0.1) is 0 Å². The third-order valence-electron chi connectivity index (χ3n) is 10.2. The van der Waals surface area contributed by atoms with Gasteiger partial charge >= 0.3 is 0 Å². The standard InChI is InChI=1S/C35H77NO2Si2/c1-31(2)36(32(3)4)28-22-21-27-33(25-19-15-17-23-29-37-39(11,12)34(5,6)7)26-20-16-18-24-30-38-40(13,14)35(8,9)10/h31-33H,15-30H2,1-14H3. The van der Waals surface area contributed by atoms with E-state index in [4.69, 9.17) is 8.85 Å². The molecule has 0 aromatic carbocycles. The Balaban J connectivity index is 4.45. The molecule has 3 nitrogen and oxygen atoms in total. The molecule has 0 aromatic rings. The highest BCUT2D eigenvalue weighted by Crippen LogP contribution is 2.37. The van der Waals surface area contributed by atoms with Gasteiger partial charge < -0.3 is 8.85 Å². The van der Waals surface area contributed by atoms with Gasteiger partial charge in [0.05, 0.1) is 0 Å². The third kappa shape index (κ3) is 17.4. The average Bonchev–Trinajstić information content (AvgIpc) is 2.79. The molecule has 5 heteroatoms. The molecule has 0 spiro atoms. The van der Waals surface area contributed by atoms with Crippen LogP contribution in [0.2, 0.25) is 36.3 Å². The van der Waals surface area contributed by atoms with Gasteiger partial charge in [0.1, 0.15) is 0 Å². The van der Waals surface area contributed by atoms with Crippen molar-refractivity contribution in [2.75, 3.05) is 19.8 Å². The van der Waals surface area contributed by atoms with Gasteiger partial charge in [-0.05, 0) is 95.7 Å². The smallest absolute Gasteiger partial charge is 0.191 e. The first-order valence-corrected chi connectivity index (χ1v) is 23.2. The first-order chi connectivity index (χ1) is 18.3. The van der Waals surface area contributed by atoms with E-state index in [-0.39, 0.29) is 0 Å². The van der Waals surface area contributed by atoms with E-state index in [1.54, 1.807) is 0 Å². The minimum absolute atomic E-state index is 0.319. The van der Waals surface area contributed by atoms with Gasteiger partial charge in [-0.2, -0.15) is 0 Å². The Morgan fingerprint density at radius 1 is 0.500 bits per heavy atom. The molecular formula is C35H77NO2Si2. The van der Waals surface area contributed by atoms with Crippen LogP contribution in [0.25, 0.3) is 0 Å². The maximum Gasteiger partial charge on any atom is 0.191 e. The Morgan fingerprint density at radius 3 is 1.15 bits per heavy atom. The summed E-state index contributed by atoms with van der Waals surface area (Å²) in [5.41, 5.74) is 0. The Bertz CT molecular complexity index is 572. The second-order valence-corrected chi connectivity index (χ2v) is 26.0. The van der Waals surface area contributed by atoms with Crippen molar-refractivity contribution in [3.63, 3.8) is 0 Å². The summed E-state index contributed by atoms with van der Waals surface area (Å²) < 4.78 is 12.8. The largest absolute Gasteiger partial charge is 0.417 e. The second kappa shape index (κ2) is 19.6. The predicted octanol–water partition coefficient (Wildman–Crippen LogP) is 11.8. The number of rotatable bonds is 23. The summed E-state index contributed by atoms with van der Waals surface area (Å²) in [5.74, 6) is 0.915. The number of nitrogens with zero attached hydrogens (tertiary/aromatic N) is 1. The zero-order chi connectivity index (χ0) is 31.0. The summed E-state index contributed by atoms with van der Waals surface area (Å²) in [5, 5.41) is 0.638.